The van der Waals surface area contributed by atoms with E-state index in [-0.39, 0.29) is 36.6 Å². The van der Waals surface area contributed by atoms with Gasteiger partial charge in [0.2, 0.25) is 5.91 Å². The highest BCUT2D eigenvalue weighted by molar-refractivity contribution is 6.04. The minimum Gasteiger partial charge on any atom is -0.481 e. The first-order chi connectivity index (χ1) is 10.5. The summed E-state index contributed by atoms with van der Waals surface area (Å²) in [5.74, 6) is -1.36. The van der Waals surface area contributed by atoms with Crippen molar-refractivity contribution in [2.75, 3.05) is 25.0 Å². The molecule has 1 heterocycles. The Bertz CT molecular complexity index is 583. The second kappa shape index (κ2) is 8.64. The van der Waals surface area contributed by atoms with E-state index in [0.717, 1.165) is 0 Å². The smallest absolute Gasteiger partial charge is 0.306 e. The van der Waals surface area contributed by atoms with E-state index in [2.05, 4.69) is 5.32 Å². The topological polar surface area (TPSA) is 86.7 Å². The Hall–Kier alpha value is -1.92. The van der Waals surface area contributed by atoms with E-state index in [0.29, 0.717) is 37.2 Å². The Balaban J connectivity index is 0.00000264. The Morgan fingerprint density at radius 2 is 1.83 bits per heavy atom. The number of para-hydroxylation sites is 1. The Morgan fingerprint density at radius 3 is 2.39 bits per heavy atom. The van der Waals surface area contributed by atoms with Gasteiger partial charge in [0, 0.05) is 5.56 Å². The fourth-order valence-electron chi connectivity index (χ4n) is 2.63. The van der Waals surface area contributed by atoms with Crippen molar-refractivity contribution in [3.8, 4) is 0 Å². The van der Waals surface area contributed by atoms with Gasteiger partial charge in [-0.2, -0.15) is 0 Å². The number of carbonyl (C=O) groups excluding carboxylic acids is 2. The van der Waals surface area contributed by atoms with E-state index in [1.165, 1.54) is 6.92 Å². The van der Waals surface area contributed by atoms with Crippen LogP contribution in [0.25, 0.3) is 0 Å². The molecule has 1 aromatic rings. The molecule has 6 nitrogen and oxygen atoms in total. The lowest BCUT2D eigenvalue weighted by Gasteiger charge is -2.29. The molecule has 7 heteroatoms. The second-order valence-corrected chi connectivity index (χ2v) is 5.54. The van der Waals surface area contributed by atoms with Gasteiger partial charge in [0.05, 0.1) is 18.2 Å². The van der Waals surface area contributed by atoms with Gasteiger partial charge in [0.25, 0.3) is 0 Å². The van der Waals surface area contributed by atoms with Crippen molar-refractivity contribution < 1.29 is 19.5 Å². The predicted molar refractivity (Wildman–Crippen MR) is 89.1 cm³/mol. The SMILES string of the molecule is CC(=O)c1ccccc1NC(=O)CN1CCC(C(=O)O)CC1.Cl. The van der Waals surface area contributed by atoms with Crippen LogP contribution in [0.1, 0.15) is 30.1 Å². The van der Waals surface area contributed by atoms with Crippen LogP contribution in [0.15, 0.2) is 24.3 Å². The van der Waals surface area contributed by atoms with Crippen LogP contribution in [0.5, 0.6) is 0 Å². The Kier molecular flexibility index (Phi) is 7.19. The number of halogens is 1. The molecule has 1 amide bonds. The lowest BCUT2D eigenvalue weighted by Crippen LogP contribution is -2.40. The molecular formula is C16H21ClN2O4. The molecule has 0 saturated carbocycles. The number of piperidine rings is 1. The van der Waals surface area contributed by atoms with Crippen molar-refractivity contribution in [1.82, 2.24) is 4.90 Å². The highest BCUT2D eigenvalue weighted by Gasteiger charge is 2.25. The van der Waals surface area contributed by atoms with Gasteiger partial charge >= 0.3 is 5.97 Å². The van der Waals surface area contributed by atoms with Gasteiger partial charge in [-0.1, -0.05) is 12.1 Å². The molecule has 2 N–H and O–H groups in total. The van der Waals surface area contributed by atoms with Gasteiger partial charge in [-0.3, -0.25) is 19.3 Å². The molecule has 1 aliphatic heterocycles. The number of Topliss-reactive ketones (excluding diaryl/α,β-unsaturated/α-hetero) is 1. The monoisotopic (exact) mass is 340 g/mol. The average Bonchev–Trinajstić information content (AvgIpc) is 2.48. The van der Waals surface area contributed by atoms with Crippen LogP contribution < -0.4 is 5.32 Å². The molecule has 0 aliphatic carbocycles. The first kappa shape index (κ1) is 19.1. The number of benzene rings is 1. The number of amides is 1. The van der Waals surface area contributed by atoms with Crippen LogP contribution in [0.3, 0.4) is 0 Å². The number of aliphatic carboxylic acids is 1. The maximum absolute atomic E-state index is 12.1. The number of carboxylic acid groups (broad SMARTS) is 1. The molecule has 0 unspecified atom stereocenters. The summed E-state index contributed by atoms with van der Waals surface area (Å²) in [6, 6.07) is 6.89. The highest BCUT2D eigenvalue weighted by Crippen LogP contribution is 2.18. The Morgan fingerprint density at radius 1 is 1.22 bits per heavy atom. The third-order valence-electron chi connectivity index (χ3n) is 3.88. The quantitative estimate of drug-likeness (QED) is 0.801. The number of nitrogens with zero attached hydrogens (tertiary/aromatic N) is 1. The van der Waals surface area contributed by atoms with Gasteiger partial charge in [-0.15, -0.1) is 12.4 Å². The zero-order valence-corrected chi connectivity index (χ0v) is 13.8. The normalized spacial score (nSPS) is 15.5. The summed E-state index contributed by atoms with van der Waals surface area (Å²) in [5.41, 5.74) is 1.00. The summed E-state index contributed by atoms with van der Waals surface area (Å²) in [6.45, 7) is 2.86. The van der Waals surface area contributed by atoms with Crippen LogP contribution >= 0.6 is 12.4 Å². The van der Waals surface area contributed by atoms with Crippen molar-refractivity contribution in [2.24, 2.45) is 5.92 Å². The number of rotatable bonds is 5. The molecule has 0 spiro atoms. The van der Waals surface area contributed by atoms with Crippen LogP contribution in [0, 0.1) is 5.92 Å². The van der Waals surface area contributed by atoms with E-state index >= 15 is 0 Å². The maximum atomic E-state index is 12.1. The van der Waals surface area contributed by atoms with Gasteiger partial charge in [0.15, 0.2) is 5.78 Å². The maximum Gasteiger partial charge on any atom is 0.306 e. The van der Waals surface area contributed by atoms with Crippen LogP contribution in [-0.4, -0.2) is 47.3 Å². The number of nitrogens with one attached hydrogen (secondary N) is 1. The lowest BCUT2D eigenvalue weighted by molar-refractivity contribution is -0.143. The van der Waals surface area contributed by atoms with E-state index in [1.54, 1.807) is 24.3 Å². The number of anilines is 1. The summed E-state index contributed by atoms with van der Waals surface area (Å²) < 4.78 is 0. The van der Waals surface area contributed by atoms with E-state index in [1.807, 2.05) is 4.90 Å². The van der Waals surface area contributed by atoms with Crippen LogP contribution in [-0.2, 0) is 9.59 Å². The average molecular weight is 341 g/mol. The fraction of sp³-hybridized carbons (Fsp3) is 0.438. The molecule has 126 valence electrons. The zero-order valence-electron chi connectivity index (χ0n) is 12.9. The summed E-state index contributed by atoms with van der Waals surface area (Å²) in [6.07, 6.45) is 1.12. The number of carboxylic acids is 1. The Labute approximate surface area is 141 Å². The van der Waals surface area contributed by atoms with E-state index in [4.69, 9.17) is 5.11 Å². The fourth-order valence-corrected chi connectivity index (χ4v) is 2.63. The minimum absolute atomic E-state index is 0. The van der Waals surface area contributed by atoms with Gasteiger partial charge in [-0.25, -0.2) is 0 Å². The molecule has 0 atom stereocenters. The third-order valence-corrected chi connectivity index (χ3v) is 3.88. The van der Waals surface area contributed by atoms with E-state index in [9.17, 15) is 14.4 Å². The highest BCUT2D eigenvalue weighted by atomic mass is 35.5. The van der Waals surface area contributed by atoms with Crippen LogP contribution in [0.2, 0.25) is 0 Å². The van der Waals surface area contributed by atoms with Crippen molar-refractivity contribution >= 4 is 35.8 Å². The molecule has 0 bridgehead atoms. The number of carbonyl (C=O) groups is 3. The van der Waals surface area contributed by atoms with Gasteiger partial charge in [0.1, 0.15) is 0 Å². The van der Waals surface area contributed by atoms with Crippen molar-refractivity contribution in [1.29, 1.82) is 0 Å². The zero-order chi connectivity index (χ0) is 16.1. The van der Waals surface area contributed by atoms with Gasteiger partial charge in [-0.05, 0) is 45.0 Å². The predicted octanol–water partition coefficient (Wildman–Crippen LogP) is 2.05. The lowest BCUT2D eigenvalue weighted by atomic mass is 9.97. The van der Waals surface area contributed by atoms with Crippen molar-refractivity contribution in [2.45, 2.75) is 19.8 Å². The van der Waals surface area contributed by atoms with Crippen molar-refractivity contribution in [3.63, 3.8) is 0 Å². The third kappa shape index (κ3) is 5.33. The van der Waals surface area contributed by atoms with Crippen LogP contribution in [0.4, 0.5) is 5.69 Å². The summed E-state index contributed by atoms with van der Waals surface area (Å²) in [4.78, 5) is 36.4. The first-order valence-electron chi connectivity index (χ1n) is 7.32. The summed E-state index contributed by atoms with van der Waals surface area (Å²) >= 11 is 0. The second-order valence-electron chi connectivity index (χ2n) is 5.54. The molecule has 1 aliphatic rings. The molecule has 1 saturated heterocycles. The standard InChI is InChI=1S/C16H20N2O4.ClH/c1-11(19)13-4-2-3-5-14(13)17-15(20)10-18-8-6-12(7-9-18)16(21)22;/h2-5,12H,6-10H2,1H3,(H,17,20)(H,21,22);1H. The molecule has 2 rings (SSSR count). The summed E-state index contributed by atoms with van der Waals surface area (Å²) in [7, 11) is 0. The molecule has 0 radical (unpaired) electrons. The molecule has 23 heavy (non-hydrogen) atoms. The van der Waals surface area contributed by atoms with Crippen molar-refractivity contribution in [3.05, 3.63) is 29.8 Å². The van der Waals surface area contributed by atoms with Gasteiger partial charge < -0.3 is 10.4 Å². The molecular weight excluding hydrogens is 320 g/mol. The number of hydrogen-bond donors (Lipinski definition) is 2. The summed E-state index contributed by atoms with van der Waals surface area (Å²) in [5, 5.41) is 11.7. The number of likely N-dealkylation sites (tertiary alicyclic amines) is 1. The van der Waals surface area contributed by atoms with E-state index < -0.39 is 5.97 Å². The molecule has 0 aromatic heterocycles. The first-order valence-corrected chi connectivity index (χ1v) is 7.32. The number of ketones is 1. The number of hydrogen-bond acceptors (Lipinski definition) is 4. The molecule has 1 fully saturated rings. The minimum atomic E-state index is -0.764. The molecule has 1 aromatic carbocycles. The largest absolute Gasteiger partial charge is 0.481 e.